The first-order chi connectivity index (χ1) is 8.81. The minimum Gasteiger partial charge on any atom is -0.211 e. The predicted octanol–water partition coefficient (Wildman–Crippen LogP) is 1.72. The first-order valence-corrected chi connectivity index (χ1v) is 8.56. The van der Waals surface area contributed by atoms with E-state index in [9.17, 15) is 38.8 Å². The van der Waals surface area contributed by atoms with E-state index in [1.807, 2.05) is 0 Å². The molecule has 1 aliphatic rings. The molecule has 0 amide bonds. The number of hydrogen-bond donors (Lipinski definition) is 1. The third-order valence-electron chi connectivity index (χ3n) is 2.88. The lowest BCUT2D eigenvalue weighted by molar-refractivity contribution is -0.241. The SMILES string of the molecule is O=S(=O)(NS(=O)(=O)C(F)(F)C(F)(F)F)C1CCCCC1. The molecule has 0 spiro atoms. The van der Waals surface area contributed by atoms with E-state index < -0.39 is 36.7 Å². The van der Waals surface area contributed by atoms with Crippen molar-refractivity contribution < 1.29 is 38.8 Å². The van der Waals surface area contributed by atoms with Crippen LogP contribution in [0.1, 0.15) is 32.1 Å². The Morgan fingerprint density at radius 3 is 1.70 bits per heavy atom. The summed E-state index contributed by atoms with van der Waals surface area (Å²) in [6.07, 6.45) is -4.81. The molecule has 1 fully saturated rings. The van der Waals surface area contributed by atoms with Crippen LogP contribution in [-0.2, 0) is 20.0 Å². The van der Waals surface area contributed by atoms with Gasteiger partial charge < -0.3 is 0 Å². The van der Waals surface area contributed by atoms with Gasteiger partial charge in [0.15, 0.2) is 0 Å². The van der Waals surface area contributed by atoms with Gasteiger partial charge >= 0.3 is 11.4 Å². The van der Waals surface area contributed by atoms with Crippen LogP contribution in [-0.4, -0.2) is 33.5 Å². The van der Waals surface area contributed by atoms with E-state index in [0.717, 1.165) is 0 Å². The summed E-state index contributed by atoms with van der Waals surface area (Å²) in [5.41, 5.74) is 0. The second kappa shape index (κ2) is 5.37. The normalized spacial score (nSPS) is 20.1. The summed E-state index contributed by atoms with van der Waals surface area (Å²) in [6.45, 7) is 0. The van der Waals surface area contributed by atoms with Gasteiger partial charge in [0.25, 0.3) is 10.0 Å². The first-order valence-electron chi connectivity index (χ1n) is 5.53. The fourth-order valence-corrected chi connectivity index (χ4v) is 5.25. The van der Waals surface area contributed by atoms with Crippen molar-refractivity contribution >= 4 is 20.0 Å². The van der Waals surface area contributed by atoms with Crippen LogP contribution in [0, 0.1) is 0 Å². The summed E-state index contributed by atoms with van der Waals surface area (Å²) in [4.78, 5) is 0. The van der Waals surface area contributed by atoms with Crippen molar-refractivity contribution in [3.05, 3.63) is 0 Å². The maximum absolute atomic E-state index is 12.8. The Morgan fingerprint density at radius 2 is 1.30 bits per heavy atom. The summed E-state index contributed by atoms with van der Waals surface area (Å²) in [6, 6.07) is 0. The highest BCUT2D eigenvalue weighted by Crippen LogP contribution is 2.39. The molecule has 0 aromatic rings. The highest BCUT2D eigenvalue weighted by atomic mass is 32.3. The smallest absolute Gasteiger partial charge is 0.211 e. The Labute approximate surface area is 112 Å². The minimum absolute atomic E-state index is 0.0163. The zero-order chi connectivity index (χ0) is 15.8. The zero-order valence-corrected chi connectivity index (χ0v) is 11.6. The average Bonchev–Trinajstić information content (AvgIpc) is 2.27. The molecular weight excluding hydrogens is 333 g/mol. The van der Waals surface area contributed by atoms with Crippen LogP contribution in [0.25, 0.3) is 0 Å². The third kappa shape index (κ3) is 3.39. The number of sulfonamides is 2. The Balaban J connectivity index is 3.01. The largest absolute Gasteiger partial charge is 0.471 e. The molecule has 1 aliphatic carbocycles. The van der Waals surface area contributed by atoms with Crippen molar-refractivity contribution in [2.24, 2.45) is 0 Å². The topological polar surface area (TPSA) is 80.3 Å². The van der Waals surface area contributed by atoms with Crippen molar-refractivity contribution in [1.82, 2.24) is 4.13 Å². The van der Waals surface area contributed by atoms with Crippen molar-refractivity contribution in [2.75, 3.05) is 0 Å². The first kappa shape index (κ1) is 17.6. The average molecular weight is 345 g/mol. The van der Waals surface area contributed by atoms with Crippen LogP contribution in [0.4, 0.5) is 22.0 Å². The zero-order valence-electron chi connectivity index (χ0n) is 9.95. The molecule has 1 rings (SSSR count). The number of alkyl halides is 5. The number of hydrogen-bond acceptors (Lipinski definition) is 4. The molecule has 5 nitrogen and oxygen atoms in total. The van der Waals surface area contributed by atoms with Crippen molar-refractivity contribution in [3.8, 4) is 0 Å². The number of halogens is 5. The van der Waals surface area contributed by atoms with Gasteiger partial charge in [-0.25, -0.2) is 16.8 Å². The molecule has 0 saturated heterocycles. The van der Waals surface area contributed by atoms with Gasteiger partial charge in [0, 0.05) is 0 Å². The van der Waals surface area contributed by atoms with Crippen molar-refractivity contribution in [3.63, 3.8) is 0 Å². The maximum atomic E-state index is 12.8. The quantitative estimate of drug-likeness (QED) is 0.787. The van der Waals surface area contributed by atoms with E-state index in [-0.39, 0.29) is 12.8 Å². The molecule has 0 bridgehead atoms. The number of nitrogens with one attached hydrogen (secondary N) is 1. The van der Waals surface area contributed by atoms with Crippen molar-refractivity contribution in [1.29, 1.82) is 0 Å². The van der Waals surface area contributed by atoms with E-state index in [4.69, 9.17) is 0 Å². The summed E-state index contributed by atoms with van der Waals surface area (Å²) >= 11 is 0. The summed E-state index contributed by atoms with van der Waals surface area (Å²) in [5.74, 6) is 0. The van der Waals surface area contributed by atoms with Gasteiger partial charge in [0.1, 0.15) is 0 Å². The Bertz CT molecular complexity index is 548. The summed E-state index contributed by atoms with van der Waals surface area (Å²) in [7, 11) is -11.2. The van der Waals surface area contributed by atoms with Crippen LogP contribution in [0.5, 0.6) is 0 Å². The van der Waals surface area contributed by atoms with Gasteiger partial charge in [-0.1, -0.05) is 19.3 Å². The van der Waals surface area contributed by atoms with Gasteiger partial charge in [-0.15, -0.1) is 4.13 Å². The fourth-order valence-electron chi connectivity index (χ4n) is 1.80. The molecule has 1 saturated carbocycles. The summed E-state index contributed by atoms with van der Waals surface area (Å²) in [5, 5.41) is -7.46. The fraction of sp³-hybridized carbons (Fsp3) is 1.00. The Morgan fingerprint density at radius 1 is 0.850 bits per heavy atom. The van der Waals surface area contributed by atoms with Crippen LogP contribution in [0.2, 0.25) is 0 Å². The lowest BCUT2D eigenvalue weighted by atomic mass is 10.0. The molecular formula is C8H12F5NO4S2. The molecule has 0 aliphatic heterocycles. The molecule has 0 radical (unpaired) electrons. The maximum Gasteiger partial charge on any atom is 0.471 e. The molecule has 120 valence electrons. The minimum atomic E-state index is -6.42. The predicted molar refractivity (Wildman–Crippen MR) is 58.9 cm³/mol. The van der Waals surface area contributed by atoms with E-state index in [0.29, 0.717) is 23.4 Å². The van der Waals surface area contributed by atoms with E-state index in [1.165, 1.54) is 0 Å². The van der Waals surface area contributed by atoms with Crippen LogP contribution < -0.4 is 4.13 Å². The molecule has 0 aromatic heterocycles. The lowest BCUT2D eigenvalue weighted by Crippen LogP contribution is -2.53. The standard InChI is InChI=1S/C8H12F5NO4S2/c9-7(10,11)8(12,13)20(17,18)14-19(15,16)6-4-2-1-3-5-6/h6,14H,1-5H2. The van der Waals surface area contributed by atoms with Gasteiger partial charge in [0.2, 0.25) is 10.0 Å². The lowest BCUT2D eigenvalue weighted by Gasteiger charge is -2.24. The highest BCUT2D eigenvalue weighted by Gasteiger charge is 2.68. The molecule has 0 atom stereocenters. The van der Waals surface area contributed by atoms with E-state index in [1.54, 1.807) is 0 Å². The Kier molecular flexibility index (Phi) is 4.71. The van der Waals surface area contributed by atoms with Gasteiger partial charge in [0.05, 0.1) is 5.25 Å². The molecule has 0 unspecified atom stereocenters. The van der Waals surface area contributed by atoms with E-state index in [2.05, 4.69) is 0 Å². The molecule has 20 heavy (non-hydrogen) atoms. The third-order valence-corrected chi connectivity index (χ3v) is 6.95. The highest BCUT2D eigenvalue weighted by molar-refractivity contribution is 8.05. The monoisotopic (exact) mass is 345 g/mol. The Hall–Kier alpha value is -0.490. The summed E-state index contributed by atoms with van der Waals surface area (Å²) < 4.78 is 107. The second-order valence-electron chi connectivity index (χ2n) is 4.41. The second-order valence-corrected chi connectivity index (χ2v) is 8.35. The van der Waals surface area contributed by atoms with Crippen molar-refractivity contribution in [2.45, 2.75) is 48.8 Å². The molecule has 1 N–H and O–H groups in total. The molecule has 0 aromatic carbocycles. The van der Waals surface area contributed by atoms with Gasteiger partial charge in [-0.3, -0.25) is 0 Å². The van der Waals surface area contributed by atoms with Crippen LogP contribution in [0.15, 0.2) is 0 Å². The van der Waals surface area contributed by atoms with Crippen LogP contribution >= 0.6 is 0 Å². The molecule has 12 heteroatoms. The van der Waals surface area contributed by atoms with Gasteiger partial charge in [-0.2, -0.15) is 22.0 Å². The van der Waals surface area contributed by atoms with E-state index >= 15 is 0 Å². The van der Waals surface area contributed by atoms with Gasteiger partial charge in [-0.05, 0) is 12.8 Å². The number of rotatable bonds is 4. The molecule has 0 heterocycles. The van der Waals surface area contributed by atoms with Crippen LogP contribution in [0.3, 0.4) is 0 Å².